The monoisotopic (exact) mass is 289 g/mol. The maximum Gasteiger partial charge on any atom is 0.347 e. The molecular weight excluding hydrogens is 274 g/mol. The van der Waals surface area contributed by atoms with E-state index < -0.39 is 5.97 Å². The van der Waals surface area contributed by atoms with Crippen molar-refractivity contribution >= 4 is 17.3 Å². The maximum absolute atomic E-state index is 11.4. The van der Waals surface area contributed by atoms with Crippen molar-refractivity contribution < 1.29 is 14.6 Å². The number of hydrogen-bond acceptors (Lipinski definition) is 4. The summed E-state index contributed by atoms with van der Waals surface area (Å²) in [6.45, 7) is 0.497. The van der Waals surface area contributed by atoms with Crippen LogP contribution < -0.4 is 0 Å². The second kappa shape index (κ2) is 5.34. The molecule has 1 N–H and O–H groups in total. The molecule has 1 aliphatic rings. The zero-order chi connectivity index (χ0) is 14.1. The van der Waals surface area contributed by atoms with Gasteiger partial charge in [0.05, 0.1) is 12.3 Å². The number of aromatic nitrogens is 1. The van der Waals surface area contributed by atoms with E-state index in [0.717, 1.165) is 34.7 Å². The Morgan fingerprint density at radius 3 is 2.85 bits per heavy atom. The molecule has 20 heavy (non-hydrogen) atoms. The lowest BCUT2D eigenvalue weighted by Gasteiger charge is -2.05. The van der Waals surface area contributed by atoms with Gasteiger partial charge in [0.15, 0.2) is 0 Å². The molecule has 1 aromatic heterocycles. The van der Waals surface area contributed by atoms with Crippen molar-refractivity contribution in [3.8, 4) is 10.6 Å². The molecule has 0 radical (unpaired) electrons. The Kier molecular flexibility index (Phi) is 3.54. The third kappa shape index (κ3) is 2.46. The lowest BCUT2D eigenvalue weighted by atomic mass is 10.1. The fourth-order valence-corrected chi connectivity index (χ4v) is 3.29. The van der Waals surface area contributed by atoms with E-state index in [-0.39, 0.29) is 0 Å². The van der Waals surface area contributed by atoms with Gasteiger partial charge in [-0.25, -0.2) is 9.78 Å². The Morgan fingerprint density at radius 2 is 2.20 bits per heavy atom. The normalized spacial score (nSPS) is 14.4. The van der Waals surface area contributed by atoms with Gasteiger partial charge in [-0.15, -0.1) is 11.3 Å². The van der Waals surface area contributed by atoms with Crippen molar-refractivity contribution in [1.82, 2.24) is 4.98 Å². The van der Waals surface area contributed by atoms with Crippen molar-refractivity contribution in [1.29, 1.82) is 0 Å². The Balaban J connectivity index is 2.06. The Bertz CT molecular complexity index is 646. The fraction of sp³-hybridized carbons (Fsp3) is 0.333. The van der Waals surface area contributed by atoms with Crippen LogP contribution in [0.4, 0.5) is 0 Å². The highest BCUT2D eigenvalue weighted by molar-refractivity contribution is 7.17. The van der Waals surface area contributed by atoms with Crippen LogP contribution in [0.1, 0.15) is 39.7 Å². The number of thiazole rings is 1. The molecule has 0 aliphatic heterocycles. The van der Waals surface area contributed by atoms with Crippen molar-refractivity contribution in [2.24, 2.45) is 0 Å². The maximum atomic E-state index is 11.4. The van der Waals surface area contributed by atoms with E-state index in [1.165, 1.54) is 11.3 Å². The number of benzene rings is 1. The van der Waals surface area contributed by atoms with Gasteiger partial charge < -0.3 is 9.84 Å². The molecule has 0 bridgehead atoms. The van der Waals surface area contributed by atoms with Crippen molar-refractivity contribution in [3.63, 3.8) is 0 Å². The molecule has 0 saturated heterocycles. The molecule has 5 heteroatoms. The first kappa shape index (κ1) is 13.3. The Labute approximate surface area is 121 Å². The van der Waals surface area contributed by atoms with E-state index >= 15 is 0 Å². The highest BCUT2D eigenvalue weighted by Crippen LogP contribution is 2.44. The number of methoxy groups -OCH3 is 1. The van der Waals surface area contributed by atoms with E-state index in [4.69, 9.17) is 4.74 Å². The molecular formula is C15H15NO3S. The zero-order valence-corrected chi connectivity index (χ0v) is 11.9. The highest BCUT2D eigenvalue weighted by Gasteiger charge is 2.32. The lowest BCUT2D eigenvalue weighted by Crippen LogP contribution is -1.97. The number of hydrogen-bond donors (Lipinski definition) is 1. The largest absolute Gasteiger partial charge is 0.477 e. The summed E-state index contributed by atoms with van der Waals surface area (Å²) in [6, 6.07) is 7.84. The number of carbonyl (C=O) groups is 1. The average Bonchev–Trinajstić information content (AvgIpc) is 3.18. The SMILES string of the molecule is COCc1ccccc1-c1nc(C2CC2)c(C(=O)O)s1. The minimum atomic E-state index is -0.875. The summed E-state index contributed by atoms with van der Waals surface area (Å²) in [5.74, 6) is -0.541. The summed E-state index contributed by atoms with van der Waals surface area (Å²) in [4.78, 5) is 16.3. The second-order valence-corrected chi connectivity index (χ2v) is 5.90. The minimum absolute atomic E-state index is 0.334. The standard InChI is InChI=1S/C15H15NO3S/c1-19-8-10-4-2-3-5-11(10)14-16-12(9-6-7-9)13(20-14)15(17)18/h2-5,9H,6-8H2,1H3,(H,17,18). The summed E-state index contributed by atoms with van der Waals surface area (Å²) in [5, 5.41) is 10.1. The van der Waals surface area contributed by atoms with E-state index in [1.807, 2.05) is 24.3 Å². The fourth-order valence-electron chi connectivity index (χ4n) is 2.24. The number of carboxylic acid groups (broad SMARTS) is 1. The van der Waals surface area contributed by atoms with E-state index in [9.17, 15) is 9.90 Å². The molecule has 0 unspecified atom stereocenters. The van der Waals surface area contributed by atoms with Crippen LogP contribution in [-0.4, -0.2) is 23.2 Å². The molecule has 0 atom stereocenters. The van der Waals surface area contributed by atoms with Crippen molar-refractivity contribution in [3.05, 3.63) is 40.4 Å². The first-order valence-corrected chi connectivity index (χ1v) is 7.33. The molecule has 2 aromatic rings. The Hall–Kier alpha value is -1.72. The lowest BCUT2D eigenvalue weighted by molar-refractivity contribution is 0.0700. The smallest absolute Gasteiger partial charge is 0.347 e. The molecule has 1 fully saturated rings. The van der Waals surface area contributed by atoms with Crippen LogP contribution in [0.5, 0.6) is 0 Å². The van der Waals surface area contributed by atoms with Gasteiger partial charge in [-0.1, -0.05) is 24.3 Å². The molecule has 1 saturated carbocycles. The summed E-state index contributed by atoms with van der Waals surface area (Å²) in [7, 11) is 1.65. The Morgan fingerprint density at radius 1 is 1.45 bits per heavy atom. The molecule has 4 nitrogen and oxygen atoms in total. The predicted octanol–water partition coefficient (Wildman–Crippen LogP) is 3.53. The number of aromatic carboxylic acids is 1. The van der Waals surface area contributed by atoms with Crippen LogP contribution in [0.15, 0.2) is 24.3 Å². The van der Waals surface area contributed by atoms with Gasteiger partial charge in [0.25, 0.3) is 0 Å². The van der Waals surface area contributed by atoms with Crippen molar-refractivity contribution in [2.45, 2.75) is 25.4 Å². The third-order valence-corrected chi connectivity index (χ3v) is 4.45. The van der Waals surface area contributed by atoms with Crippen LogP contribution in [0.25, 0.3) is 10.6 Å². The van der Waals surface area contributed by atoms with Gasteiger partial charge in [-0.2, -0.15) is 0 Å². The van der Waals surface area contributed by atoms with Gasteiger partial charge in [0.1, 0.15) is 9.88 Å². The summed E-state index contributed by atoms with van der Waals surface area (Å²) in [5.41, 5.74) is 2.75. The molecule has 1 aliphatic carbocycles. The average molecular weight is 289 g/mol. The third-order valence-electron chi connectivity index (χ3n) is 3.36. The van der Waals surface area contributed by atoms with Crippen molar-refractivity contribution in [2.75, 3.05) is 7.11 Å². The number of ether oxygens (including phenoxy) is 1. The quantitative estimate of drug-likeness (QED) is 0.914. The van der Waals surface area contributed by atoms with Crippen LogP contribution in [0.3, 0.4) is 0 Å². The van der Waals surface area contributed by atoms with Gasteiger partial charge in [0.2, 0.25) is 0 Å². The predicted molar refractivity (Wildman–Crippen MR) is 77.2 cm³/mol. The minimum Gasteiger partial charge on any atom is -0.477 e. The molecule has 3 rings (SSSR count). The van der Waals surface area contributed by atoms with Crippen LogP contribution >= 0.6 is 11.3 Å². The molecule has 104 valence electrons. The molecule has 0 amide bonds. The van der Waals surface area contributed by atoms with Crippen LogP contribution in [-0.2, 0) is 11.3 Å². The number of carboxylic acids is 1. The number of rotatable bonds is 5. The second-order valence-electron chi connectivity index (χ2n) is 4.90. The van der Waals surface area contributed by atoms with Crippen LogP contribution in [0.2, 0.25) is 0 Å². The van der Waals surface area contributed by atoms with Crippen LogP contribution in [0, 0.1) is 0 Å². The molecule has 1 aromatic carbocycles. The number of nitrogens with zero attached hydrogens (tertiary/aromatic N) is 1. The van der Waals surface area contributed by atoms with Gasteiger partial charge >= 0.3 is 5.97 Å². The first-order valence-electron chi connectivity index (χ1n) is 6.52. The first-order chi connectivity index (χ1) is 9.70. The highest BCUT2D eigenvalue weighted by atomic mass is 32.1. The summed E-state index contributed by atoms with van der Waals surface area (Å²) in [6.07, 6.45) is 2.09. The van der Waals surface area contributed by atoms with Gasteiger partial charge in [-0.05, 0) is 18.4 Å². The van der Waals surface area contributed by atoms with E-state index in [0.29, 0.717) is 17.4 Å². The molecule has 1 heterocycles. The zero-order valence-electron chi connectivity index (χ0n) is 11.1. The van der Waals surface area contributed by atoms with E-state index in [2.05, 4.69) is 4.98 Å². The summed E-state index contributed by atoms with van der Waals surface area (Å²) >= 11 is 1.26. The topological polar surface area (TPSA) is 59.4 Å². The van der Waals surface area contributed by atoms with Gasteiger partial charge in [-0.3, -0.25) is 0 Å². The molecule has 0 spiro atoms. The van der Waals surface area contributed by atoms with E-state index in [1.54, 1.807) is 7.11 Å². The summed E-state index contributed by atoms with van der Waals surface area (Å²) < 4.78 is 5.19. The van der Waals surface area contributed by atoms with Gasteiger partial charge in [0, 0.05) is 18.6 Å².